The van der Waals surface area contributed by atoms with E-state index >= 15 is 0 Å². The molecule has 8 aromatic rings. The Hall–Kier alpha value is -5.99. The van der Waals surface area contributed by atoms with E-state index in [0.29, 0.717) is 0 Å². The number of furan rings is 1. The van der Waals surface area contributed by atoms with Gasteiger partial charge in [0.25, 0.3) is 0 Å². The molecule has 0 saturated carbocycles. The van der Waals surface area contributed by atoms with Gasteiger partial charge in [-0.3, -0.25) is 0 Å². The van der Waals surface area contributed by atoms with Gasteiger partial charge in [0.2, 0.25) is 0 Å². The summed E-state index contributed by atoms with van der Waals surface area (Å²) in [4.78, 5) is 0. The standard InChI is InChI=1S/C35H29NO.C13H12/c1-35(2,3)28-17-14-25(15-18-28)29-19-16-26(22-36)32-31-21-27(23-10-6-4-7-11-23)20-30(33(31)37-34(29)32)24-12-8-5-9-13-24;1-3-7-12(8-4-1)11-13-9-5-2-6-10-13/h4-22,36H,1-3H3;1-10H,11H2. The van der Waals surface area contributed by atoms with Crippen molar-refractivity contribution in [2.45, 2.75) is 32.6 Å². The molecule has 0 aliphatic rings. The van der Waals surface area contributed by atoms with Gasteiger partial charge in [-0.1, -0.05) is 172 Å². The third-order valence-electron chi connectivity index (χ3n) is 9.26. The number of rotatable bonds is 6. The van der Waals surface area contributed by atoms with Gasteiger partial charge in [0, 0.05) is 33.7 Å². The molecule has 0 atom stereocenters. The summed E-state index contributed by atoms with van der Waals surface area (Å²) in [5, 5.41) is 10.2. The van der Waals surface area contributed by atoms with Crippen molar-refractivity contribution in [1.82, 2.24) is 0 Å². The molecule has 0 amide bonds. The Morgan fingerprint density at radius 3 is 1.56 bits per heavy atom. The maximum atomic E-state index is 8.18. The highest BCUT2D eigenvalue weighted by Gasteiger charge is 2.20. The van der Waals surface area contributed by atoms with Crippen molar-refractivity contribution >= 4 is 28.2 Å². The summed E-state index contributed by atoms with van der Waals surface area (Å²) in [5.74, 6) is 0. The molecule has 1 heterocycles. The zero-order chi connectivity index (χ0) is 34.5. The third kappa shape index (κ3) is 6.92. The second-order valence-electron chi connectivity index (χ2n) is 13.8. The lowest BCUT2D eigenvalue weighted by Crippen LogP contribution is -2.10. The average molecular weight is 648 g/mol. The molecule has 50 heavy (non-hydrogen) atoms. The molecule has 0 radical (unpaired) electrons. The Morgan fingerprint density at radius 1 is 0.500 bits per heavy atom. The molecule has 0 saturated heterocycles. The van der Waals surface area contributed by atoms with Crippen molar-refractivity contribution in [3.05, 3.63) is 192 Å². The Kier molecular flexibility index (Phi) is 9.27. The molecule has 2 heteroatoms. The molecule has 2 nitrogen and oxygen atoms in total. The Morgan fingerprint density at radius 2 is 1.02 bits per heavy atom. The van der Waals surface area contributed by atoms with Crippen molar-refractivity contribution in [3.63, 3.8) is 0 Å². The van der Waals surface area contributed by atoms with Crippen LogP contribution < -0.4 is 0 Å². The fourth-order valence-electron chi connectivity index (χ4n) is 6.56. The van der Waals surface area contributed by atoms with Crippen molar-refractivity contribution in [1.29, 1.82) is 5.41 Å². The van der Waals surface area contributed by atoms with Crippen LogP contribution in [0.2, 0.25) is 0 Å². The summed E-state index contributed by atoms with van der Waals surface area (Å²) in [5.41, 5.74) is 13.2. The first-order chi connectivity index (χ1) is 24.4. The van der Waals surface area contributed by atoms with Crippen LogP contribution in [0.4, 0.5) is 0 Å². The van der Waals surface area contributed by atoms with Crippen LogP contribution in [-0.2, 0) is 11.8 Å². The quantitative estimate of drug-likeness (QED) is 0.179. The van der Waals surface area contributed by atoms with Gasteiger partial charge in [0.05, 0.1) is 0 Å². The monoisotopic (exact) mass is 647 g/mol. The largest absolute Gasteiger partial charge is 0.455 e. The van der Waals surface area contributed by atoms with Crippen LogP contribution in [-0.4, -0.2) is 6.21 Å². The molecule has 8 rings (SSSR count). The van der Waals surface area contributed by atoms with Crippen LogP contribution >= 0.6 is 0 Å². The molecular formula is C48H41NO. The van der Waals surface area contributed by atoms with Gasteiger partial charge >= 0.3 is 0 Å². The van der Waals surface area contributed by atoms with E-state index in [9.17, 15) is 0 Å². The lowest BCUT2D eigenvalue weighted by molar-refractivity contribution is 0.590. The van der Waals surface area contributed by atoms with E-state index in [2.05, 4.69) is 172 Å². The van der Waals surface area contributed by atoms with Crippen molar-refractivity contribution < 1.29 is 4.42 Å². The molecule has 1 aromatic heterocycles. The Bertz CT molecular complexity index is 2310. The van der Waals surface area contributed by atoms with Crippen LogP contribution in [0.15, 0.2) is 174 Å². The molecule has 0 spiro atoms. The van der Waals surface area contributed by atoms with Gasteiger partial charge in [0.1, 0.15) is 11.2 Å². The lowest BCUT2D eigenvalue weighted by Gasteiger charge is -2.19. The summed E-state index contributed by atoms with van der Waals surface area (Å²) in [6.45, 7) is 6.69. The first kappa shape index (κ1) is 32.6. The van der Waals surface area contributed by atoms with Crippen LogP contribution in [0.25, 0.3) is 55.3 Å². The van der Waals surface area contributed by atoms with Crippen LogP contribution in [0.3, 0.4) is 0 Å². The lowest BCUT2D eigenvalue weighted by atomic mass is 9.86. The summed E-state index contributed by atoms with van der Waals surface area (Å²) < 4.78 is 6.75. The SMILES string of the molecule is CC(C)(C)c1ccc(-c2ccc(C=N)c3c2oc2c(-c4ccccc4)cc(-c4ccccc4)cc23)cc1.c1ccc(Cc2ccccc2)cc1. The van der Waals surface area contributed by atoms with Gasteiger partial charge < -0.3 is 9.83 Å². The third-order valence-corrected chi connectivity index (χ3v) is 9.26. The second-order valence-corrected chi connectivity index (χ2v) is 13.8. The number of hydrogen-bond donors (Lipinski definition) is 1. The number of fused-ring (bicyclic) bond motifs is 3. The maximum absolute atomic E-state index is 8.18. The van der Waals surface area contributed by atoms with Crippen molar-refractivity contribution in [3.8, 4) is 33.4 Å². The minimum absolute atomic E-state index is 0.0929. The smallest absolute Gasteiger partial charge is 0.143 e. The Labute approximate surface area is 295 Å². The molecular weight excluding hydrogens is 607 g/mol. The van der Waals surface area contributed by atoms with Gasteiger partial charge in [-0.05, 0) is 69.0 Å². The van der Waals surface area contributed by atoms with E-state index in [-0.39, 0.29) is 5.41 Å². The van der Waals surface area contributed by atoms with E-state index < -0.39 is 0 Å². The summed E-state index contributed by atoms with van der Waals surface area (Å²) >= 11 is 0. The van der Waals surface area contributed by atoms with Gasteiger partial charge in [-0.15, -0.1) is 0 Å². The molecule has 0 bridgehead atoms. The van der Waals surface area contributed by atoms with Crippen molar-refractivity contribution in [2.24, 2.45) is 0 Å². The number of nitrogens with one attached hydrogen (secondary N) is 1. The number of hydrogen-bond acceptors (Lipinski definition) is 2. The first-order valence-corrected chi connectivity index (χ1v) is 17.2. The molecule has 0 unspecified atom stereocenters. The van der Waals surface area contributed by atoms with E-state index in [1.165, 1.54) is 22.9 Å². The van der Waals surface area contributed by atoms with E-state index in [4.69, 9.17) is 9.83 Å². The molecule has 0 aliphatic carbocycles. The zero-order valence-corrected chi connectivity index (χ0v) is 28.9. The van der Waals surface area contributed by atoms with Crippen molar-refractivity contribution in [2.75, 3.05) is 0 Å². The molecule has 7 aromatic carbocycles. The molecule has 0 aliphatic heterocycles. The summed E-state index contributed by atoms with van der Waals surface area (Å²) in [6, 6.07) is 59.2. The van der Waals surface area contributed by atoms with E-state index in [0.717, 1.165) is 67.3 Å². The fraction of sp³-hybridized carbons (Fsp3) is 0.104. The predicted octanol–water partition coefficient (Wildman–Crippen LogP) is 13.2. The summed E-state index contributed by atoms with van der Waals surface area (Å²) in [7, 11) is 0. The minimum Gasteiger partial charge on any atom is -0.455 e. The van der Waals surface area contributed by atoms with Gasteiger partial charge in [0.15, 0.2) is 0 Å². The normalized spacial score (nSPS) is 11.3. The average Bonchev–Trinajstić information content (AvgIpc) is 3.55. The summed E-state index contributed by atoms with van der Waals surface area (Å²) in [6.07, 6.45) is 2.46. The molecule has 244 valence electrons. The highest BCUT2D eigenvalue weighted by Crippen LogP contribution is 2.43. The van der Waals surface area contributed by atoms with Gasteiger partial charge in [-0.2, -0.15) is 0 Å². The predicted molar refractivity (Wildman–Crippen MR) is 212 cm³/mol. The van der Waals surface area contributed by atoms with E-state index in [1.807, 2.05) is 18.2 Å². The van der Waals surface area contributed by atoms with Crippen LogP contribution in [0, 0.1) is 5.41 Å². The Balaban J connectivity index is 0.000000253. The van der Waals surface area contributed by atoms with E-state index in [1.54, 1.807) is 0 Å². The second kappa shape index (κ2) is 14.2. The van der Waals surface area contributed by atoms with Crippen LogP contribution in [0.1, 0.15) is 43.0 Å². The van der Waals surface area contributed by atoms with Crippen LogP contribution in [0.5, 0.6) is 0 Å². The zero-order valence-electron chi connectivity index (χ0n) is 28.9. The number of benzene rings is 7. The molecule has 1 N–H and O–H groups in total. The highest BCUT2D eigenvalue weighted by atomic mass is 16.3. The minimum atomic E-state index is 0.0929. The first-order valence-electron chi connectivity index (χ1n) is 17.2. The highest BCUT2D eigenvalue weighted by molar-refractivity contribution is 6.19. The fourth-order valence-corrected chi connectivity index (χ4v) is 6.56. The molecule has 0 fully saturated rings. The maximum Gasteiger partial charge on any atom is 0.143 e. The topological polar surface area (TPSA) is 37.0 Å². The van der Waals surface area contributed by atoms with Gasteiger partial charge in [-0.25, -0.2) is 0 Å².